The third-order valence-corrected chi connectivity index (χ3v) is 3.97. The molecule has 1 heterocycles. The summed E-state index contributed by atoms with van der Waals surface area (Å²) in [7, 11) is 0. The highest BCUT2D eigenvalue weighted by Crippen LogP contribution is 2.31. The van der Waals surface area contributed by atoms with Crippen molar-refractivity contribution in [1.82, 2.24) is 4.98 Å². The van der Waals surface area contributed by atoms with E-state index in [2.05, 4.69) is 20.9 Å². The maximum atomic E-state index is 14.0. The Morgan fingerprint density at radius 1 is 1.39 bits per heavy atom. The van der Waals surface area contributed by atoms with Crippen molar-refractivity contribution in [3.8, 4) is 0 Å². The molecule has 1 unspecified atom stereocenters. The van der Waals surface area contributed by atoms with Crippen LogP contribution in [0.25, 0.3) is 0 Å². The zero-order chi connectivity index (χ0) is 13.1. The Kier molecular flexibility index (Phi) is 4.36. The first-order valence-corrected chi connectivity index (χ1v) is 6.86. The molecule has 0 fully saturated rings. The van der Waals surface area contributed by atoms with Crippen LogP contribution >= 0.6 is 27.5 Å². The minimum Gasteiger partial charge on any atom is -0.263 e. The quantitative estimate of drug-likeness (QED) is 0.733. The lowest BCUT2D eigenvalue weighted by Gasteiger charge is -2.13. The van der Waals surface area contributed by atoms with E-state index < -0.39 is 0 Å². The molecule has 1 aromatic carbocycles. The summed E-state index contributed by atoms with van der Waals surface area (Å²) in [4.78, 5) is 3.84. The molecule has 0 N–H and O–H groups in total. The highest BCUT2D eigenvalue weighted by atomic mass is 79.9. The van der Waals surface area contributed by atoms with Crippen LogP contribution in [0.2, 0.25) is 5.02 Å². The second-order valence-electron chi connectivity index (χ2n) is 4.12. The largest absolute Gasteiger partial charge is 0.263 e. The van der Waals surface area contributed by atoms with Gasteiger partial charge in [0.15, 0.2) is 0 Å². The molecule has 0 aliphatic rings. The lowest BCUT2D eigenvalue weighted by atomic mass is 10.0. The summed E-state index contributed by atoms with van der Waals surface area (Å²) in [6.07, 6.45) is 3.92. The van der Waals surface area contributed by atoms with Crippen LogP contribution in [0, 0.1) is 12.7 Å². The predicted octanol–water partition coefficient (Wildman–Crippen LogP) is 4.86. The standard InChI is InChI=1S/C14H12BrClFN/c1-9-3-2-4-11(14(9)17)12(15)7-10-5-6-18-8-13(10)16/h2-6,8,12H,7H2,1H3. The number of nitrogens with zero attached hydrogens (tertiary/aromatic N) is 1. The molecular formula is C14H12BrClFN. The maximum absolute atomic E-state index is 14.0. The number of aryl methyl sites for hydroxylation is 1. The van der Waals surface area contributed by atoms with Crippen molar-refractivity contribution in [3.05, 3.63) is 64.2 Å². The summed E-state index contributed by atoms with van der Waals surface area (Å²) in [5.41, 5.74) is 2.26. The second-order valence-corrected chi connectivity index (χ2v) is 5.63. The van der Waals surface area contributed by atoms with E-state index in [1.807, 2.05) is 12.1 Å². The minimum absolute atomic E-state index is 0.0997. The van der Waals surface area contributed by atoms with Gasteiger partial charge in [0.1, 0.15) is 5.82 Å². The van der Waals surface area contributed by atoms with Gasteiger partial charge in [0.2, 0.25) is 0 Å². The normalized spacial score (nSPS) is 12.4. The van der Waals surface area contributed by atoms with Crippen LogP contribution in [-0.4, -0.2) is 4.98 Å². The molecule has 94 valence electrons. The van der Waals surface area contributed by atoms with Crippen LogP contribution in [0.15, 0.2) is 36.7 Å². The summed E-state index contributed by atoms with van der Waals surface area (Å²) in [6, 6.07) is 7.26. The highest BCUT2D eigenvalue weighted by molar-refractivity contribution is 9.09. The van der Waals surface area contributed by atoms with Crippen molar-refractivity contribution in [1.29, 1.82) is 0 Å². The number of aromatic nitrogens is 1. The summed E-state index contributed by atoms with van der Waals surface area (Å²) >= 11 is 9.57. The lowest BCUT2D eigenvalue weighted by molar-refractivity contribution is 0.599. The molecule has 0 bridgehead atoms. The number of rotatable bonds is 3. The number of benzene rings is 1. The third kappa shape index (κ3) is 2.90. The molecule has 2 rings (SSSR count). The number of hydrogen-bond donors (Lipinski definition) is 0. The SMILES string of the molecule is Cc1cccc(C(Br)Cc2ccncc2Cl)c1F. The molecule has 1 atom stereocenters. The van der Waals surface area contributed by atoms with Crippen molar-refractivity contribution >= 4 is 27.5 Å². The Morgan fingerprint density at radius 2 is 2.17 bits per heavy atom. The van der Waals surface area contributed by atoms with Crippen LogP contribution in [0.1, 0.15) is 21.5 Å². The molecule has 1 aromatic heterocycles. The first-order valence-electron chi connectivity index (χ1n) is 5.57. The van der Waals surface area contributed by atoms with Crippen molar-refractivity contribution in [2.75, 3.05) is 0 Å². The Balaban J connectivity index is 2.25. The van der Waals surface area contributed by atoms with Gasteiger partial charge in [-0.2, -0.15) is 0 Å². The van der Waals surface area contributed by atoms with E-state index in [-0.39, 0.29) is 10.6 Å². The van der Waals surface area contributed by atoms with Gasteiger partial charge in [-0.15, -0.1) is 0 Å². The van der Waals surface area contributed by atoms with Crippen LogP contribution < -0.4 is 0 Å². The molecular weight excluding hydrogens is 317 g/mol. The monoisotopic (exact) mass is 327 g/mol. The summed E-state index contributed by atoms with van der Waals surface area (Å²) in [5.74, 6) is -0.162. The zero-order valence-corrected chi connectivity index (χ0v) is 12.2. The molecule has 0 aliphatic heterocycles. The Hall–Kier alpha value is -0.930. The first-order chi connectivity index (χ1) is 8.59. The van der Waals surface area contributed by atoms with Gasteiger partial charge in [0.25, 0.3) is 0 Å². The molecule has 4 heteroatoms. The molecule has 0 saturated carbocycles. The molecule has 0 aliphatic carbocycles. The van der Waals surface area contributed by atoms with E-state index in [9.17, 15) is 4.39 Å². The van der Waals surface area contributed by atoms with E-state index >= 15 is 0 Å². The van der Waals surface area contributed by atoms with E-state index in [1.54, 1.807) is 31.5 Å². The topological polar surface area (TPSA) is 12.9 Å². The van der Waals surface area contributed by atoms with Gasteiger partial charge < -0.3 is 0 Å². The Morgan fingerprint density at radius 3 is 2.89 bits per heavy atom. The van der Waals surface area contributed by atoms with E-state index in [4.69, 9.17) is 11.6 Å². The van der Waals surface area contributed by atoms with Crippen molar-refractivity contribution < 1.29 is 4.39 Å². The van der Waals surface area contributed by atoms with Gasteiger partial charge in [0, 0.05) is 22.8 Å². The average Bonchev–Trinajstić information content (AvgIpc) is 2.35. The van der Waals surface area contributed by atoms with Crippen molar-refractivity contribution in [2.45, 2.75) is 18.2 Å². The fraction of sp³-hybridized carbons (Fsp3) is 0.214. The summed E-state index contributed by atoms with van der Waals surface area (Å²) < 4.78 is 14.0. The van der Waals surface area contributed by atoms with Gasteiger partial charge in [-0.3, -0.25) is 4.98 Å². The van der Waals surface area contributed by atoms with Gasteiger partial charge in [-0.25, -0.2) is 4.39 Å². The average molecular weight is 329 g/mol. The maximum Gasteiger partial charge on any atom is 0.130 e. The van der Waals surface area contributed by atoms with Crippen molar-refractivity contribution in [3.63, 3.8) is 0 Å². The van der Waals surface area contributed by atoms with Crippen LogP contribution in [0.4, 0.5) is 4.39 Å². The van der Waals surface area contributed by atoms with Crippen molar-refractivity contribution in [2.24, 2.45) is 0 Å². The second kappa shape index (κ2) is 5.81. The van der Waals surface area contributed by atoms with E-state index in [1.165, 1.54) is 0 Å². The van der Waals surface area contributed by atoms with Gasteiger partial charge in [-0.05, 0) is 30.5 Å². The van der Waals surface area contributed by atoms with Gasteiger partial charge in [0.05, 0.1) is 5.02 Å². The first kappa shape index (κ1) is 13.5. The highest BCUT2D eigenvalue weighted by Gasteiger charge is 2.15. The number of halogens is 3. The predicted molar refractivity (Wildman–Crippen MR) is 75.8 cm³/mol. The van der Waals surface area contributed by atoms with Crippen LogP contribution in [0.3, 0.4) is 0 Å². The van der Waals surface area contributed by atoms with E-state index in [0.717, 1.165) is 5.56 Å². The minimum atomic E-state index is -0.162. The fourth-order valence-corrected chi connectivity index (χ4v) is 2.68. The molecule has 0 spiro atoms. The van der Waals surface area contributed by atoms with Crippen LogP contribution in [-0.2, 0) is 6.42 Å². The Bertz CT molecular complexity index is 559. The summed E-state index contributed by atoms with van der Waals surface area (Å²) in [6.45, 7) is 1.76. The number of alkyl halides is 1. The van der Waals surface area contributed by atoms with Gasteiger partial charge >= 0.3 is 0 Å². The molecule has 0 radical (unpaired) electrons. The molecule has 2 aromatic rings. The number of hydrogen-bond acceptors (Lipinski definition) is 1. The fourth-order valence-electron chi connectivity index (χ4n) is 1.78. The van der Waals surface area contributed by atoms with E-state index in [0.29, 0.717) is 22.6 Å². The number of pyridine rings is 1. The third-order valence-electron chi connectivity index (χ3n) is 2.81. The lowest BCUT2D eigenvalue weighted by Crippen LogP contribution is -2.00. The molecule has 0 amide bonds. The summed E-state index contributed by atoms with van der Waals surface area (Å²) in [5, 5.41) is 0.606. The Labute approximate surface area is 119 Å². The molecule has 18 heavy (non-hydrogen) atoms. The zero-order valence-electron chi connectivity index (χ0n) is 9.83. The molecule has 1 nitrogen and oxygen atoms in total. The van der Waals surface area contributed by atoms with Gasteiger partial charge in [-0.1, -0.05) is 45.7 Å². The van der Waals surface area contributed by atoms with Crippen LogP contribution in [0.5, 0.6) is 0 Å². The molecule has 0 saturated heterocycles. The smallest absolute Gasteiger partial charge is 0.130 e.